The van der Waals surface area contributed by atoms with Crippen LogP contribution in [-0.4, -0.2) is 19.1 Å². The molecule has 0 aromatic heterocycles. The van der Waals surface area contributed by atoms with E-state index in [1.165, 1.54) is 7.11 Å². The zero-order chi connectivity index (χ0) is 14.6. The number of halogens is 2. The molecular formula is C14H19Cl2NO2. The molecule has 0 spiro atoms. The van der Waals surface area contributed by atoms with Gasteiger partial charge >= 0.3 is 5.97 Å². The predicted octanol–water partition coefficient (Wildman–Crippen LogP) is 3.84. The highest BCUT2D eigenvalue weighted by atomic mass is 35.5. The molecule has 1 aromatic carbocycles. The standard InChI is InChI=1S/C14H19Cl2NO2/c1-8(14(18)19-4)9(2)17-10(3)12-6-5-11(15)7-13(12)16/h5-10,17H,1-4H3. The van der Waals surface area contributed by atoms with Crippen molar-refractivity contribution in [2.24, 2.45) is 5.92 Å². The highest BCUT2D eigenvalue weighted by molar-refractivity contribution is 6.35. The molecular weight excluding hydrogens is 285 g/mol. The van der Waals surface area contributed by atoms with Gasteiger partial charge < -0.3 is 10.1 Å². The fraction of sp³-hybridized carbons (Fsp3) is 0.500. The number of nitrogens with one attached hydrogen (secondary N) is 1. The molecule has 1 rings (SSSR count). The van der Waals surface area contributed by atoms with Crippen LogP contribution in [0.3, 0.4) is 0 Å². The van der Waals surface area contributed by atoms with E-state index in [1.807, 2.05) is 26.8 Å². The Morgan fingerprint density at radius 2 is 1.89 bits per heavy atom. The van der Waals surface area contributed by atoms with Gasteiger partial charge in [-0.05, 0) is 31.5 Å². The van der Waals surface area contributed by atoms with Crippen molar-refractivity contribution in [1.82, 2.24) is 5.32 Å². The van der Waals surface area contributed by atoms with Gasteiger partial charge in [-0.2, -0.15) is 0 Å². The first-order chi connectivity index (χ1) is 8.86. The smallest absolute Gasteiger partial charge is 0.309 e. The molecule has 3 atom stereocenters. The van der Waals surface area contributed by atoms with E-state index in [9.17, 15) is 4.79 Å². The van der Waals surface area contributed by atoms with E-state index in [0.29, 0.717) is 10.0 Å². The largest absolute Gasteiger partial charge is 0.469 e. The Hall–Kier alpha value is -0.770. The van der Waals surface area contributed by atoms with Gasteiger partial charge in [0.15, 0.2) is 0 Å². The van der Waals surface area contributed by atoms with Crippen molar-refractivity contribution < 1.29 is 9.53 Å². The molecule has 106 valence electrons. The monoisotopic (exact) mass is 303 g/mol. The maximum absolute atomic E-state index is 11.5. The average Bonchev–Trinajstić information content (AvgIpc) is 2.36. The highest BCUT2D eigenvalue weighted by Crippen LogP contribution is 2.26. The summed E-state index contributed by atoms with van der Waals surface area (Å²) in [5.74, 6) is -0.451. The van der Waals surface area contributed by atoms with Gasteiger partial charge in [-0.15, -0.1) is 0 Å². The number of rotatable bonds is 5. The lowest BCUT2D eigenvalue weighted by Crippen LogP contribution is -2.38. The predicted molar refractivity (Wildman–Crippen MR) is 78.7 cm³/mol. The maximum atomic E-state index is 11.5. The molecule has 0 saturated heterocycles. The zero-order valence-electron chi connectivity index (χ0n) is 11.5. The molecule has 5 heteroatoms. The van der Waals surface area contributed by atoms with Crippen molar-refractivity contribution in [3.05, 3.63) is 33.8 Å². The van der Waals surface area contributed by atoms with E-state index < -0.39 is 0 Å². The van der Waals surface area contributed by atoms with Gasteiger partial charge in [-0.1, -0.05) is 36.2 Å². The first-order valence-electron chi connectivity index (χ1n) is 6.15. The molecule has 0 bridgehead atoms. The summed E-state index contributed by atoms with van der Waals surface area (Å²) < 4.78 is 4.74. The van der Waals surface area contributed by atoms with Crippen LogP contribution >= 0.6 is 23.2 Å². The van der Waals surface area contributed by atoms with Crippen LogP contribution in [0.25, 0.3) is 0 Å². The Morgan fingerprint density at radius 3 is 2.42 bits per heavy atom. The maximum Gasteiger partial charge on any atom is 0.309 e. The van der Waals surface area contributed by atoms with Gasteiger partial charge in [0.25, 0.3) is 0 Å². The minimum absolute atomic E-state index is 0.0193. The van der Waals surface area contributed by atoms with Crippen LogP contribution < -0.4 is 5.32 Å². The second kappa shape index (κ2) is 7.13. The third-order valence-electron chi connectivity index (χ3n) is 3.26. The molecule has 0 aliphatic carbocycles. The second-order valence-corrected chi connectivity index (χ2v) is 5.50. The molecule has 0 amide bonds. The van der Waals surface area contributed by atoms with Crippen LogP contribution in [0.2, 0.25) is 10.0 Å². The molecule has 19 heavy (non-hydrogen) atoms. The summed E-state index contributed by atoms with van der Waals surface area (Å²) in [6.07, 6.45) is 0. The number of hydrogen-bond acceptors (Lipinski definition) is 3. The van der Waals surface area contributed by atoms with Crippen LogP contribution in [0.5, 0.6) is 0 Å². The Kier molecular flexibility index (Phi) is 6.11. The lowest BCUT2D eigenvalue weighted by molar-refractivity contribution is -0.145. The van der Waals surface area contributed by atoms with Gasteiger partial charge in [0, 0.05) is 22.1 Å². The Bertz CT molecular complexity index is 451. The van der Waals surface area contributed by atoms with E-state index in [0.717, 1.165) is 5.56 Å². The van der Waals surface area contributed by atoms with E-state index >= 15 is 0 Å². The van der Waals surface area contributed by atoms with Crippen LogP contribution in [0.4, 0.5) is 0 Å². The second-order valence-electron chi connectivity index (χ2n) is 4.65. The quantitative estimate of drug-likeness (QED) is 0.840. The first-order valence-corrected chi connectivity index (χ1v) is 6.91. The summed E-state index contributed by atoms with van der Waals surface area (Å²) in [5.41, 5.74) is 0.954. The van der Waals surface area contributed by atoms with Crippen LogP contribution in [0.1, 0.15) is 32.4 Å². The zero-order valence-corrected chi connectivity index (χ0v) is 13.0. The van der Waals surface area contributed by atoms with Gasteiger partial charge in [-0.25, -0.2) is 0 Å². The van der Waals surface area contributed by atoms with Crippen molar-refractivity contribution in [1.29, 1.82) is 0 Å². The molecule has 0 aliphatic rings. The van der Waals surface area contributed by atoms with Gasteiger partial charge in [-0.3, -0.25) is 4.79 Å². The molecule has 0 heterocycles. The molecule has 0 saturated carbocycles. The molecule has 1 aromatic rings. The summed E-state index contributed by atoms with van der Waals surface area (Å²) >= 11 is 12.0. The normalized spacial score (nSPS) is 15.7. The van der Waals surface area contributed by atoms with Gasteiger partial charge in [0.1, 0.15) is 0 Å². The summed E-state index contributed by atoms with van der Waals surface area (Å²) in [7, 11) is 1.39. The van der Waals surface area contributed by atoms with Crippen molar-refractivity contribution in [2.75, 3.05) is 7.11 Å². The van der Waals surface area contributed by atoms with E-state index in [1.54, 1.807) is 12.1 Å². The molecule has 0 radical (unpaired) electrons. The molecule has 0 fully saturated rings. The summed E-state index contributed by atoms with van der Waals surface area (Å²) in [6.45, 7) is 5.78. The fourth-order valence-corrected chi connectivity index (χ4v) is 2.44. The minimum Gasteiger partial charge on any atom is -0.469 e. The lowest BCUT2D eigenvalue weighted by Gasteiger charge is -2.24. The SMILES string of the molecule is COC(=O)C(C)C(C)NC(C)c1ccc(Cl)cc1Cl. The first kappa shape index (κ1) is 16.3. The summed E-state index contributed by atoms with van der Waals surface area (Å²) in [6, 6.07) is 5.40. The number of ether oxygens (including phenoxy) is 1. The Labute approximate surface area is 124 Å². The van der Waals surface area contributed by atoms with Crippen molar-refractivity contribution in [3.8, 4) is 0 Å². The Balaban J connectivity index is 2.73. The summed E-state index contributed by atoms with van der Waals surface area (Å²) in [5, 5.41) is 4.57. The van der Waals surface area contributed by atoms with Gasteiger partial charge in [0.2, 0.25) is 0 Å². The fourth-order valence-electron chi connectivity index (χ4n) is 1.87. The van der Waals surface area contributed by atoms with Crippen LogP contribution in [0.15, 0.2) is 18.2 Å². The Morgan fingerprint density at radius 1 is 1.26 bits per heavy atom. The number of methoxy groups -OCH3 is 1. The molecule has 3 nitrogen and oxygen atoms in total. The molecule has 0 aliphatic heterocycles. The molecule has 3 unspecified atom stereocenters. The highest BCUT2D eigenvalue weighted by Gasteiger charge is 2.23. The van der Waals surface area contributed by atoms with E-state index in [4.69, 9.17) is 27.9 Å². The van der Waals surface area contributed by atoms with Crippen molar-refractivity contribution in [3.63, 3.8) is 0 Å². The minimum atomic E-state index is -0.227. The lowest BCUT2D eigenvalue weighted by atomic mass is 10.0. The van der Waals surface area contributed by atoms with Crippen LogP contribution in [0, 0.1) is 5.92 Å². The van der Waals surface area contributed by atoms with E-state index in [-0.39, 0.29) is 24.0 Å². The number of carbonyl (C=O) groups is 1. The van der Waals surface area contributed by atoms with Crippen molar-refractivity contribution in [2.45, 2.75) is 32.9 Å². The molecule has 1 N–H and O–H groups in total. The summed E-state index contributed by atoms with van der Waals surface area (Å²) in [4.78, 5) is 11.5. The topological polar surface area (TPSA) is 38.3 Å². The third kappa shape index (κ3) is 4.37. The number of benzene rings is 1. The average molecular weight is 304 g/mol. The number of carbonyl (C=O) groups excluding carboxylic acids is 1. The van der Waals surface area contributed by atoms with Gasteiger partial charge in [0.05, 0.1) is 13.0 Å². The number of hydrogen-bond donors (Lipinski definition) is 1. The third-order valence-corrected chi connectivity index (χ3v) is 3.83. The van der Waals surface area contributed by atoms with Crippen molar-refractivity contribution >= 4 is 29.2 Å². The number of esters is 1. The van der Waals surface area contributed by atoms with Crippen LogP contribution in [-0.2, 0) is 9.53 Å². The van der Waals surface area contributed by atoms with E-state index in [2.05, 4.69) is 5.32 Å².